The zero-order chi connectivity index (χ0) is 17.9. The Bertz CT molecular complexity index is 677. The van der Waals surface area contributed by atoms with Crippen LogP contribution in [0.4, 0.5) is 5.69 Å². The van der Waals surface area contributed by atoms with Crippen molar-refractivity contribution in [3.63, 3.8) is 0 Å². The van der Waals surface area contributed by atoms with Crippen molar-refractivity contribution in [1.29, 1.82) is 0 Å². The molecule has 1 saturated heterocycles. The first-order chi connectivity index (χ1) is 11.2. The molecule has 0 bridgehead atoms. The average molecular weight is 346 g/mol. The molecule has 2 amide bonds. The third-order valence-corrected chi connectivity index (χ3v) is 4.65. The van der Waals surface area contributed by atoms with E-state index in [9.17, 15) is 14.4 Å². The quantitative estimate of drug-likeness (QED) is 0.851. The van der Waals surface area contributed by atoms with Gasteiger partial charge in [0.05, 0.1) is 10.8 Å². The van der Waals surface area contributed by atoms with Gasteiger partial charge in [0.15, 0.2) is 5.78 Å². The van der Waals surface area contributed by atoms with Crippen LogP contribution in [0, 0.1) is 5.41 Å². The Balaban J connectivity index is 2.17. The maximum Gasteiger partial charge on any atom is 0.247 e. The molecule has 0 unspecified atom stereocenters. The highest BCUT2D eigenvalue weighted by Crippen LogP contribution is 2.32. The number of thioether (sulfide) groups is 1. The molecule has 0 spiro atoms. The summed E-state index contributed by atoms with van der Waals surface area (Å²) in [6, 6.07) is 8.38. The molecule has 1 aliphatic heterocycles. The first-order valence-corrected chi connectivity index (χ1v) is 8.75. The number of nitrogens with one attached hydrogen (secondary N) is 1. The molecule has 6 heteroatoms. The monoisotopic (exact) mass is 346 g/mol. The van der Waals surface area contributed by atoms with Gasteiger partial charge in [-0.3, -0.25) is 19.3 Å². The van der Waals surface area contributed by atoms with E-state index in [2.05, 4.69) is 5.32 Å². The SMILES string of the molecule is C[C@@H](C(=O)Nc1ccccc1)N1C(=O)CS/C1=C\C(=O)C(C)(C)C. The molecule has 1 heterocycles. The van der Waals surface area contributed by atoms with E-state index < -0.39 is 11.5 Å². The lowest BCUT2D eigenvalue weighted by Crippen LogP contribution is -2.42. The Hall–Kier alpha value is -2.08. The fourth-order valence-corrected chi connectivity index (χ4v) is 3.13. The molecule has 1 aliphatic rings. The van der Waals surface area contributed by atoms with Crippen LogP contribution in [0.5, 0.6) is 0 Å². The minimum absolute atomic E-state index is 0.0691. The predicted molar refractivity (Wildman–Crippen MR) is 96.4 cm³/mol. The average Bonchev–Trinajstić information content (AvgIpc) is 2.87. The molecule has 0 saturated carbocycles. The predicted octanol–water partition coefficient (Wildman–Crippen LogP) is 3.05. The largest absolute Gasteiger partial charge is 0.324 e. The molecular formula is C18H22N2O3S. The fraction of sp³-hybridized carbons (Fsp3) is 0.389. The Morgan fingerprint density at radius 1 is 1.25 bits per heavy atom. The zero-order valence-corrected chi connectivity index (χ0v) is 15.1. The molecule has 1 atom stereocenters. The first-order valence-electron chi connectivity index (χ1n) is 7.77. The summed E-state index contributed by atoms with van der Waals surface area (Å²) < 4.78 is 0. The number of para-hydroxylation sites is 1. The Kier molecular flexibility index (Phi) is 5.49. The highest BCUT2D eigenvalue weighted by molar-refractivity contribution is 8.04. The van der Waals surface area contributed by atoms with Gasteiger partial charge in [0.1, 0.15) is 6.04 Å². The lowest BCUT2D eigenvalue weighted by molar-refractivity contribution is -0.132. The van der Waals surface area contributed by atoms with Gasteiger partial charge < -0.3 is 5.32 Å². The highest BCUT2D eigenvalue weighted by Gasteiger charge is 2.35. The van der Waals surface area contributed by atoms with Crippen LogP contribution < -0.4 is 5.32 Å². The van der Waals surface area contributed by atoms with Gasteiger partial charge in [0.2, 0.25) is 11.8 Å². The molecule has 0 radical (unpaired) electrons. The van der Waals surface area contributed by atoms with Crippen molar-refractivity contribution >= 4 is 35.0 Å². The number of benzene rings is 1. The molecule has 128 valence electrons. The van der Waals surface area contributed by atoms with Crippen molar-refractivity contribution in [3.8, 4) is 0 Å². The Morgan fingerprint density at radius 2 is 1.88 bits per heavy atom. The number of nitrogens with zero attached hydrogens (tertiary/aromatic N) is 1. The van der Waals surface area contributed by atoms with Crippen molar-refractivity contribution in [2.45, 2.75) is 33.7 Å². The number of hydrogen-bond donors (Lipinski definition) is 1. The van der Waals surface area contributed by atoms with Crippen LogP contribution in [0.2, 0.25) is 0 Å². The summed E-state index contributed by atoms with van der Waals surface area (Å²) in [5, 5.41) is 3.33. The number of carbonyl (C=O) groups is 3. The first kappa shape index (κ1) is 18.3. The van der Waals surface area contributed by atoms with Gasteiger partial charge in [-0.15, -0.1) is 0 Å². The molecule has 5 nitrogen and oxygen atoms in total. The lowest BCUT2D eigenvalue weighted by Gasteiger charge is -2.25. The van der Waals surface area contributed by atoms with Crippen LogP contribution >= 0.6 is 11.8 Å². The summed E-state index contributed by atoms with van der Waals surface area (Å²) in [7, 11) is 0. The van der Waals surface area contributed by atoms with Gasteiger partial charge in [-0.25, -0.2) is 0 Å². The minimum Gasteiger partial charge on any atom is -0.324 e. The molecule has 24 heavy (non-hydrogen) atoms. The molecule has 1 aromatic carbocycles. The standard InChI is InChI=1S/C18H22N2O3S/c1-12(17(23)19-13-8-6-5-7-9-13)20-15(22)11-24-16(20)10-14(21)18(2,3)4/h5-10,12H,11H2,1-4H3,(H,19,23)/b16-10-/t12-/m0/s1. The summed E-state index contributed by atoms with van der Waals surface area (Å²) in [6.07, 6.45) is 1.47. The van der Waals surface area contributed by atoms with Gasteiger partial charge in [-0.1, -0.05) is 50.7 Å². The zero-order valence-electron chi connectivity index (χ0n) is 14.3. The normalized spacial score (nSPS) is 17.9. The fourth-order valence-electron chi connectivity index (χ4n) is 2.13. The van der Waals surface area contributed by atoms with Crippen molar-refractivity contribution < 1.29 is 14.4 Å². The van der Waals surface area contributed by atoms with Gasteiger partial charge >= 0.3 is 0 Å². The molecule has 0 aliphatic carbocycles. The number of allylic oxidation sites excluding steroid dienone is 1. The van der Waals surface area contributed by atoms with Gasteiger partial charge in [0, 0.05) is 17.2 Å². The van der Waals surface area contributed by atoms with Crippen LogP contribution in [-0.2, 0) is 14.4 Å². The topological polar surface area (TPSA) is 66.5 Å². The van der Waals surface area contributed by atoms with Crippen LogP contribution in [0.3, 0.4) is 0 Å². The van der Waals surface area contributed by atoms with E-state index in [0.29, 0.717) is 10.7 Å². The summed E-state index contributed by atoms with van der Waals surface area (Å²) in [5.41, 5.74) is 0.144. The van der Waals surface area contributed by atoms with Crippen LogP contribution in [-0.4, -0.2) is 34.3 Å². The van der Waals surface area contributed by atoms with Crippen molar-refractivity contribution in [1.82, 2.24) is 4.90 Å². The summed E-state index contributed by atoms with van der Waals surface area (Å²) in [6.45, 7) is 7.13. The number of ketones is 1. The molecule has 1 N–H and O–H groups in total. The summed E-state index contributed by atoms with van der Waals surface area (Å²) in [4.78, 5) is 38.3. The smallest absolute Gasteiger partial charge is 0.247 e. The van der Waals surface area contributed by atoms with E-state index in [-0.39, 0.29) is 23.4 Å². The number of rotatable bonds is 4. The molecule has 1 aromatic rings. The van der Waals surface area contributed by atoms with Gasteiger partial charge in [-0.05, 0) is 19.1 Å². The van der Waals surface area contributed by atoms with Crippen molar-refractivity contribution in [3.05, 3.63) is 41.4 Å². The minimum atomic E-state index is -0.688. The summed E-state index contributed by atoms with van der Waals surface area (Å²) >= 11 is 1.29. The third kappa shape index (κ3) is 4.26. The number of amides is 2. The van der Waals surface area contributed by atoms with Crippen LogP contribution in [0.1, 0.15) is 27.7 Å². The van der Waals surface area contributed by atoms with Gasteiger partial charge in [-0.2, -0.15) is 0 Å². The lowest BCUT2D eigenvalue weighted by atomic mass is 9.91. The van der Waals surface area contributed by atoms with E-state index in [4.69, 9.17) is 0 Å². The van der Waals surface area contributed by atoms with Crippen molar-refractivity contribution in [2.75, 3.05) is 11.1 Å². The van der Waals surface area contributed by atoms with E-state index >= 15 is 0 Å². The number of hydrogen-bond acceptors (Lipinski definition) is 4. The van der Waals surface area contributed by atoms with Crippen LogP contribution in [0.25, 0.3) is 0 Å². The van der Waals surface area contributed by atoms with E-state index in [1.807, 2.05) is 39.0 Å². The summed E-state index contributed by atoms with van der Waals surface area (Å²) in [5.74, 6) is -0.276. The van der Waals surface area contributed by atoms with Crippen LogP contribution in [0.15, 0.2) is 41.4 Å². The number of carbonyl (C=O) groups excluding carboxylic acids is 3. The molecular weight excluding hydrogens is 324 g/mol. The second kappa shape index (κ2) is 7.21. The Morgan fingerprint density at radius 3 is 2.46 bits per heavy atom. The van der Waals surface area contributed by atoms with E-state index in [0.717, 1.165) is 0 Å². The maximum atomic E-state index is 12.4. The molecule has 2 rings (SSSR count). The second-order valence-electron chi connectivity index (χ2n) is 6.68. The van der Waals surface area contributed by atoms with E-state index in [1.54, 1.807) is 19.1 Å². The number of anilines is 1. The van der Waals surface area contributed by atoms with E-state index in [1.165, 1.54) is 22.7 Å². The maximum absolute atomic E-state index is 12.4. The van der Waals surface area contributed by atoms with Gasteiger partial charge in [0.25, 0.3) is 0 Å². The third-order valence-electron chi connectivity index (χ3n) is 3.65. The van der Waals surface area contributed by atoms with Crippen molar-refractivity contribution in [2.24, 2.45) is 5.41 Å². The Labute approximate surface area is 146 Å². The molecule has 1 fully saturated rings. The molecule has 0 aromatic heterocycles. The second-order valence-corrected chi connectivity index (χ2v) is 7.68. The highest BCUT2D eigenvalue weighted by atomic mass is 32.2.